The van der Waals surface area contributed by atoms with Crippen molar-refractivity contribution in [1.29, 1.82) is 0 Å². The summed E-state index contributed by atoms with van der Waals surface area (Å²) in [5.41, 5.74) is 2.41. The number of hydrogen-bond donors (Lipinski definition) is 0. The Hall–Kier alpha value is -1.91. The number of rotatable bonds is 6. The van der Waals surface area contributed by atoms with E-state index in [-0.39, 0.29) is 0 Å². The van der Waals surface area contributed by atoms with Crippen molar-refractivity contribution >= 4 is 17.3 Å². The van der Waals surface area contributed by atoms with E-state index in [9.17, 15) is 0 Å². The molecule has 0 bridgehead atoms. The van der Waals surface area contributed by atoms with Gasteiger partial charge in [0.15, 0.2) is 11.5 Å². The summed E-state index contributed by atoms with van der Waals surface area (Å²) in [6.07, 6.45) is 1.01. The third-order valence-corrected chi connectivity index (χ3v) is 5.05. The molecule has 1 fully saturated rings. The fourth-order valence-electron chi connectivity index (χ4n) is 3.24. The molecule has 4 nitrogen and oxygen atoms in total. The standard InChI is InChI=1S/C20H25ClN2O2/c1-24-19-8-7-16(15-20(19)25-2)9-10-22-11-13-23(14-12-22)18-6-4-3-5-17(18)21/h3-8,15H,9-14H2,1-2H3. The molecule has 1 heterocycles. The van der Waals surface area contributed by atoms with E-state index >= 15 is 0 Å². The summed E-state index contributed by atoms with van der Waals surface area (Å²) >= 11 is 6.31. The molecule has 0 aromatic heterocycles. The van der Waals surface area contributed by atoms with Crippen molar-refractivity contribution in [2.45, 2.75) is 6.42 Å². The fourth-order valence-corrected chi connectivity index (χ4v) is 3.50. The minimum Gasteiger partial charge on any atom is -0.493 e. The van der Waals surface area contributed by atoms with Crippen LogP contribution in [0.5, 0.6) is 11.5 Å². The Labute approximate surface area is 154 Å². The Morgan fingerprint density at radius 1 is 0.920 bits per heavy atom. The van der Waals surface area contributed by atoms with Crippen molar-refractivity contribution in [3.63, 3.8) is 0 Å². The second-order valence-corrected chi connectivity index (χ2v) is 6.63. The van der Waals surface area contributed by atoms with Crippen molar-refractivity contribution in [3.8, 4) is 11.5 Å². The minimum atomic E-state index is 0.777. The molecular formula is C20H25ClN2O2. The van der Waals surface area contributed by atoms with Crippen LogP contribution < -0.4 is 14.4 Å². The molecule has 25 heavy (non-hydrogen) atoms. The molecule has 1 aliphatic heterocycles. The molecule has 2 aromatic carbocycles. The van der Waals surface area contributed by atoms with Crippen molar-refractivity contribution < 1.29 is 9.47 Å². The largest absolute Gasteiger partial charge is 0.493 e. The first-order valence-electron chi connectivity index (χ1n) is 8.64. The van der Waals surface area contributed by atoms with Gasteiger partial charge in [-0.2, -0.15) is 0 Å². The predicted octanol–water partition coefficient (Wildman–Crippen LogP) is 3.72. The van der Waals surface area contributed by atoms with E-state index in [1.54, 1.807) is 14.2 Å². The summed E-state index contributed by atoms with van der Waals surface area (Å²) in [4.78, 5) is 4.87. The molecule has 5 heteroatoms. The lowest BCUT2D eigenvalue weighted by atomic mass is 10.1. The summed E-state index contributed by atoms with van der Waals surface area (Å²) in [5.74, 6) is 1.57. The Morgan fingerprint density at radius 2 is 1.64 bits per heavy atom. The van der Waals surface area contributed by atoms with Crippen LogP contribution in [-0.4, -0.2) is 51.8 Å². The average molecular weight is 361 g/mol. The maximum Gasteiger partial charge on any atom is 0.160 e. The molecule has 0 radical (unpaired) electrons. The highest BCUT2D eigenvalue weighted by molar-refractivity contribution is 6.33. The number of nitrogens with zero attached hydrogens (tertiary/aromatic N) is 2. The Morgan fingerprint density at radius 3 is 2.32 bits per heavy atom. The highest BCUT2D eigenvalue weighted by Gasteiger charge is 2.18. The number of para-hydroxylation sites is 1. The maximum atomic E-state index is 6.31. The van der Waals surface area contributed by atoms with E-state index in [1.807, 2.05) is 24.3 Å². The van der Waals surface area contributed by atoms with E-state index in [0.717, 1.165) is 61.4 Å². The van der Waals surface area contributed by atoms with E-state index in [0.29, 0.717) is 0 Å². The van der Waals surface area contributed by atoms with Crippen LogP contribution in [0.1, 0.15) is 5.56 Å². The Balaban J connectivity index is 1.52. The van der Waals surface area contributed by atoms with Gasteiger partial charge in [-0.25, -0.2) is 0 Å². The quantitative estimate of drug-likeness (QED) is 0.783. The number of piperazine rings is 1. The second-order valence-electron chi connectivity index (χ2n) is 6.22. The lowest BCUT2D eigenvalue weighted by Crippen LogP contribution is -2.47. The molecule has 134 valence electrons. The van der Waals surface area contributed by atoms with Gasteiger partial charge in [-0.1, -0.05) is 29.8 Å². The lowest BCUT2D eigenvalue weighted by Gasteiger charge is -2.36. The molecule has 3 rings (SSSR count). The summed E-state index contributed by atoms with van der Waals surface area (Å²) in [7, 11) is 3.34. The SMILES string of the molecule is COc1ccc(CCN2CCN(c3ccccc3Cl)CC2)cc1OC. The van der Waals surface area contributed by atoms with E-state index < -0.39 is 0 Å². The van der Waals surface area contributed by atoms with Gasteiger partial charge in [0.25, 0.3) is 0 Å². The normalized spacial score (nSPS) is 15.2. The molecule has 1 saturated heterocycles. The van der Waals surface area contributed by atoms with Crippen molar-refractivity contribution in [2.75, 3.05) is 51.8 Å². The number of ether oxygens (including phenoxy) is 2. The van der Waals surface area contributed by atoms with E-state index in [1.165, 1.54) is 5.56 Å². The topological polar surface area (TPSA) is 24.9 Å². The molecule has 0 aliphatic carbocycles. The molecule has 0 atom stereocenters. The lowest BCUT2D eigenvalue weighted by molar-refractivity contribution is 0.261. The number of anilines is 1. The third kappa shape index (κ3) is 4.39. The number of halogens is 1. The van der Waals surface area contributed by atoms with Gasteiger partial charge in [-0.05, 0) is 36.2 Å². The average Bonchev–Trinajstić information content (AvgIpc) is 2.67. The van der Waals surface area contributed by atoms with Gasteiger partial charge in [0.2, 0.25) is 0 Å². The van der Waals surface area contributed by atoms with Crippen LogP contribution in [-0.2, 0) is 6.42 Å². The number of methoxy groups -OCH3 is 2. The first-order valence-corrected chi connectivity index (χ1v) is 9.02. The molecule has 2 aromatic rings. The van der Waals surface area contributed by atoms with Gasteiger partial charge in [0, 0.05) is 32.7 Å². The zero-order valence-electron chi connectivity index (χ0n) is 14.9. The van der Waals surface area contributed by atoms with Gasteiger partial charge >= 0.3 is 0 Å². The van der Waals surface area contributed by atoms with Gasteiger partial charge in [0.05, 0.1) is 24.9 Å². The van der Waals surface area contributed by atoms with Crippen molar-refractivity contribution in [3.05, 3.63) is 53.1 Å². The predicted molar refractivity (Wildman–Crippen MR) is 103 cm³/mol. The number of benzene rings is 2. The van der Waals surface area contributed by atoms with E-state index in [4.69, 9.17) is 21.1 Å². The Kier molecular flexibility index (Phi) is 6.05. The van der Waals surface area contributed by atoms with Gasteiger partial charge in [-0.15, -0.1) is 0 Å². The van der Waals surface area contributed by atoms with Crippen LogP contribution in [0.2, 0.25) is 5.02 Å². The van der Waals surface area contributed by atoms with Gasteiger partial charge in [0.1, 0.15) is 0 Å². The molecule has 0 amide bonds. The molecule has 0 saturated carbocycles. The van der Waals surface area contributed by atoms with Crippen LogP contribution in [0.4, 0.5) is 5.69 Å². The zero-order chi connectivity index (χ0) is 17.6. The summed E-state index contributed by atoms with van der Waals surface area (Å²) in [6.45, 7) is 5.17. The Bertz CT molecular complexity index is 700. The highest BCUT2D eigenvalue weighted by Crippen LogP contribution is 2.28. The smallest absolute Gasteiger partial charge is 0.160 e. The zero-order valence-corrected chi connectivity index (χ0v) is 15.6. The highest BCUT2D eigenvalue weighted by atomic mass is 35.5. The van der Waals surface area contributed by atoms with Crippen LogP contribution >= 0.6 is 11.6 Å². The second kappa shape index (κ2) is 8.45. The minimum absolute atomic E-state index is 0.777. The summed E-state index contributed by atoms with van der Waals surface area (Å²) in [5, 5.41) is 0.835. The van der Waals surface area contributed by atoms with Crippen LogP contribution in [0.3, 0.4) is 0 Å². The van der Waals surface area contributed by atoms with Crippen LogP contribution in [0, 0.1) is 0 Å². The summed E-state index contributed by atoms with van der Waals surface area (Å²) < 4.78 is 10.7. The fraction of sp³-hybridized carbons (Fsp3) is 0.400. The molecule has 0 N–H and O–H groups in total. The number of hydrogen-bond acceptors (Lipinski definition) is 4. The maximum absolute atomic E-state index is 6.31. The molecular weight excluding hydrogens is 336 g/mol. The molecule has 0 unspecified atom stereocenters. The van der Waals surface area contributed by atoms with Crippen LogP contribution in [0.15, 0.2) is 42.5 Å². The first kappa shape index (κ1) is 17.9. The third-order valence-electron chi connectivity index (χ3n) is 4.73. The molecule has 1 aliphatic rings. The van der Waals surface area contributed by atoms with Crippen molar-refractivity contribution in [2.24, 2.45) is 0 Å². The summed E-state index contributed by atoms with van der Waals surface area (Å²) in [6, 6.07) is 14.2. The van der Waals surface area contributed by atoms with Gasteiger partial charge in [-0.3, -0.25) is 4.90 Å². The van der Waals surface area contributed by atoms with Crippen LogP contribution in [0.25, 0.3) is 0 Å². The monoisotopic (exact) mass is 360 g/mol. The molecule has 0 spiro atoms. The van der Waals surface area contributed by atoms with E-state index in [2.05, 4.69) is 28.0 Å². The first-order chi connectivity index (χ1) is 12.2. The van der Waals surface area contributed by atoms with Gasteiger partial charge < -0.3 is 14.4 Å². The van der Waals surface area contributed by atoms with Crippen molar-refractivity contribution in [1.82, 2.24) is 4.90 Å².